The summed E-state index contributed by atoms with van der Waals surface area (Å²) in [5.41, 5.74) is 3.93. The van der Waals surface area contributed by atoms with Gasteiger partial charge in [0.15, 0.2) is 0 Å². The SMILES string of the molecule is CCOC(=O)c1cn(C2CC2)c2c(C)c(-c3cnc4[nH]c(=O)ccc4c3)c(F)cc2c1=O.CCOC(=O)c1cn(C2CC2)c2c(C)c(I)c(F)cc2c1=O.Cc1c(-c2cnc3[nH]c(=O)ccc3c2)c(F)cc2c(=O)c(C(=O)O)cn(C3CC3)c12.O=c1ccc2cc(B(O)O)cnc2[nH]1. The summed E-state index contributed by atoms with van der Waals surface area (Å²) in [6.45, 7) is 8.98. The monoisotopic (exact) mass is 1440 g/mol. The second-order valence-electron chi connectivity index (χ2n) is 23.9. The van der Waals surface area contributed by atoms with Crippen LogP contribution >= 0.6 is 22.6 Å². The highest BCUT2D eigenvalue weighted by molar-refractivity contribution is 14.1. The van der Waals surface area contributed by atoms with E-state index in [9.17, 15) is 52.6 Å². The number of carbonyl (C=O) groups excluding carboxylic acids is 2. The lowest BCUT2D eigenvalue weighted by atomic mass is 9.81. The molecule has 12 aromatic rings. The third-order valence-electron chi connectivity index (χ3n) is 17.1. The summed E-state index contributed by atoms with van der Waals surface area (Å²) in [6.07, 6.45) is 14.3. The second kappa shape index (κ2) is 27.1. The lowest BCUT2D eigenvalue weighted by Crippen LogP contribution is -2.30. The van der Waals surface area contributed by atoms with Gasteiger partial charge in [0, 0.05) is 134 Å². The van der Waals surface area contributed by atoms with E-state index in [0.717, 1.165) is 50.2 Å². The number of nitrogens with zero attached hydrogens (tertiary/aromatic N) is 6. The predicted molar refractivity (Wildman–Crippen MR) is 370 cm³/mol. The number of aromatic carboxylic acids is 1. The number of carboxylic acids is 1. The number of fused-ring (bicyclic) bond motifs is 6. The average Bonchev–Trinajstić information content (AvgIpc) is 1.40. The number of aromatic amines is 3. The van der Waals surface area contributed by atoms with E-state index in [4.69, 9.17) is 19.5 Å². The number of benzene rings is 3. The molecule has 0 bridgehead atoms. The molecule has 0 unspecified atom stereocenters. The number of esters is 2. The summed E-state index contributed by atoms with van der Waals surface area (Å²) >= 11 is 1.94. The van der Waals surface area contributed by atoms with Crippen LogP contribution in [0.3, 0.4) is 0 Å². The summed E-state index contributed by atoms with van der Waals surface area (Å²) < 4.78 is 60.7. The minimum absolute atomic E-state index is 0.0266. The Bertz CT molecular complexity index is 5740. The number of carboxylic acid groups (broad SMARTS) is 1. The van der Waals surface area contributed by atoms with Crippen molar-refractivity contribution in [3.05, 3.63) is 226 Å². The molecule has 3 aliphatic carbocycles. The molecule has 9 heterocycles. The lowest BCUT2D eigenvalue weighted by Gasteiger charge is -2.18. The topological polar surface area (TPSA) is 334 Å². The van der Waals surface area contributed by atoms with Crippen molar-refractivity contribution >= 4 is 119 Å². The lowest BCUT2D eigenvalue weighted by molar-refractivity contribution is 0.0514. The molecule has 3 aromatic carbocycles. The van der Waals surface area contributed by atoms with Crippen molar-refractivity contribution < 1.29 is 52.2 Å². The van der Waals surface area contributed by atoms with Crippen LogP contribution < -0.4 is 38.4 Å². The fourth-order valence-corrected chi connectivity index (χ4v) is 12.5. The van der Waals surface area contributed by atoms with Crippen molar-refractivity contribution in [2.75, 3.05) is 13.2 Å². The Labute approximate surface area is 564 Å². The van der Waals surface area contributed by atoms with Gasteiger partial charge in [-0.1, -0.05) is 0 Å². The van der Waals surface area contributed by atoms with Crippen LogP contribution in [0.15, 0.2) is 139 Å². The van der Waals surface area contributed by atoms with Gasteiger partial charge in [0.1, 0.15) is 51.1 Å². The molecule has 3 aliphatic rings. The van der Waals surface area contributed by atoms with Gasteiger partial charge in [0.05, 0.1) is 33.3 Å². The Morgan fingerprint density at radius 2 is 0.867 bits per heavy atom. The molecular weight excluding hydrogens is 1390 g/mol. The van der Waals surface area contributed by atoms with E-state index in [1.54, 1.807) is 88.0 Å². The molecule has 0 amide bonds. The summed E-state index contributed by atoms with van der Waals surface area (Å²) in [5.74, 6) is -4.34. The molecule has 0 saturated heterocycles. The van der Waals surface area contributed by atoms with E-state index in [-0.39, 0.29) is 80.9 Å². The normalized spacial score (nSPS) is 13.4. The van der Waals surface area contributed by atoms with Gasteiger partial charge in [-0.25, -0.2) is 42.5 Å². The standard InChI is InChI=1S/C24H20FN3O4.C22H16FN3O4.C16H15FINO3.C8H7BN2O3/c1-3-32-24(31)17-11-28(15-5-6-15)21-12(2)20(18(25)9-16(21)22(17)30)14-8-13-4-7-19(29)27-23(13)26-10-14;1-10-18(12-6-11-2-5-17(27)25-21(11)24-8-12)16(23)7-14-19(10)26(13-3-4-13)9-15(20(14)28)22(29)30;1-3-22-16(21)11-7-19(9-4-5-9)14-8(2)13(18)12(17)6-10(14)15(11)20;12-7-2-1-5-3-6(9(13)14)4-10-8(5)11-7/h4,7-11,15H,3,5-6H2,1-2H3,(H,26,27,29);2,5-9,13H,3-4H2,1H3,(H,29,30)(H,24,25,27);6-7,9H,3-5H2,1-2H3;1-4,13-14H,(H,10,11,12). The minimum Gasteiger partial charge on any atom is -0.477 e. The Balaban J connectivity index is 0.000000129. The molecule has 23 nitrogen and oxygen atoms in total. The summed E-state index contributed by atoms with van der Waals surface area (Å²) in [7, 11) is -1.54. The number of hydrogen-bond acceptors (Lipinski definition) is 16. The number of rotatable bonds is 11. The number of aryl methyl sites for hydroxylation is 3. The minimum atomic E-state index is -1.54. The summed E-state index contributed by atoms with van der Waals surface area (Å²) in [5, 5.41) is 29.6. The molecule has 28 heteroatoms. The molecule has 9 aromatic heterocycles. The van der Waals surface area contributed by atoms with Crippen LogP contribution in [0.2, 0.25) is 0 Å². The maximum absolute atomic E-state index is 15.4. The molecule has 0 spiro atoms. The molecule has 6 N–H and O–H groups in total. The number of halogens is 4. The van der Waals surface area contributed by atoms with Gasteiger partial charge in [-0.05, 0) is 167 Å². The van der Waals surface area contributed by atoms with Gasteiger partial charge in [-0.2, -0.15) is 0 Å². The summed E-state index contributed by atoms with van der Waals surface area (Å²) in [4.78, 5) is 128. The summed E-state index contributed by atoms with van der Waals surface area (Å²) in [6, 6.07) is 18.0. The van der Waals surface area contributed by atoms with Crippen LogP contribution in [-0.2, 0) is 9.47 Å². The molecule has 0 radical (unpaired) electrons. The number of carbonyl (C=O) groups is 3. The van der Waals surface area contributed by atoms with E-state index < -0.39 is 58.8 Å². The van der Waals surface area contributed by atoms with Gasteiger partial charge in [-0.3, -0.25) is 28.8 Å². The highest BCUT2D eigenvalue weighted by Crippen LogP contribution is 2.43. The third kappa shape index (κ3) is 13.2. The van der Waals surface area contributed by atoms with Gasteiger partial charge >= 0.3 is 25.0 Å². The zero-order valence-corrected chi connectivity index (χ0v) is 55.0. The number of ether oxygens (including phenoxy) is 2. The van der Waals surface area contributed by atoms with Crippen LogP contribution in [0.5, 0.6) is 0 Å². The van der Waals surface area contributed by atoms with Gasteiger partial charge in [-0.15, -0.1) is 0 Å². The highest BCUT2D eigenvalue weighted by atomic mass is 127. The zero-order chi connectivity index (χ0) is 69.9. The number of H-pyrrole nitrogens is 3. The van der Waals surface area contributed by atoms with Crippen LogP contribution in [0.25, 0.3) is 88.1 Å². The first kappa shape index (κ1) is 67.3. The zero-order valence-electron chi connectivity index (χ0n) is 52.9. The molecule has 498 valence electrons. The van der Waals surface area contributed by atoms with Crippen LogP contribution in [0.1, 0.15) is 118 Å². The van der Waals surface area contributed by atoms with Crippen LogP contribution in [0.4, 0.5) is 13.2 Å². The Morgan fingerprint density at radius 1 is 0.520 bits per heavy atom. The van der Waals surface area contributed by atoms with Gasteiger partial charge < -0.3 is 53.3 Å². The quantitative estimate of drug-likeness (QED) is 0.0399. The fraction of sp³-hybridized carbons (Fsp3) is 0.229. The first-order valence-electron chi connectivity index (χ1n) is 31.1. The van der Waals surface area contributed by atoms with Crippen molar-refractivity contribution in [3.63, 3.8) is 0 Å². The third-order valence-corrected chi connectivity index (χ3v) is 18.4. The molecule has 3 saturated carbocycles. The highest BCUT2D eigenvalue weighted by Gasteiger charge is 2.33. The van der Waals surface area contributed by atoms with E-state index in [0.29, 0.717) is 92.1 Å². The van der Waals surface area contributed by atoms with Crippen molar-refractivity contribution in [1.29, 1.82) is 0 Å². The van der Waals surface area contributed by atoms with Crippen molar-refractivity contribution in [3.8, 4) is 22.3 Å². The largest absolute Gasteiger partial charge is 0.490 e. The molecule has 0 atom stereocenters. The molecule has 98 heavy (non-hydrogen) atoms. The Morgan fingerprint density at radius 3 is 1.23 bits per heavy atom. The predicted octanol–water partition coefficient (Wildman–Crippen LogP) is 9.42. The maximum atomic E-state index is 15.4. The van der Waals surface area contributed by atoms with Gasteiger partial charge in [0.2, 0.25) is 33.0 Å². The number of nitrogens with one attached hydrogen (secondary N) is 3. The van der Waals surface area contributed by atoms with Crippen molar-refractivity contribution in [1.82, 2.24) is 43.6 Å². The van der Waals surface area contributed by atoms with Gasteiger partial charge in [0.25, 0.3) is 0 Å². The van der Waals surface area contributed by atoms with Crippen molar-refractivity contribution in [2.45, 2.75) is 91.3 Å². The Kier molecular flexibility index (Phi) is 18.6. The average molecular weight is 1440 g/mol. The van der Waals surface area contributed by atoms with E-state index in [1.165, 1.54) is 55.1 Å². The fourth-order valence-electron chi connectivity index (χ4n) is 12.1. The first-order valence-corrected chi connectivity index (χ1v) is 32.1. The number of pyridine rings is 9. The van der Waals surface area contributed by atoms with Crippen LogP contribution in [0, 0.1) is 41.8 Å². The first-order chi connectivity index (χ1) is 46.8. The molecule has 15 rings (SSSR count). The molecular formula is C70H58BF3IN9O14. The second-order valence-corrected chi connectivity index (χ2v) is 24.9. The number of hydrogen-bond donors (Lipinski definition) is 6. The van der Waals surface area contributed by atoms with E-state index >= 15 is 8.78 Å². The van der Waals surface area contributed by atoms with E-state index in [2.05, 4.69) is 29.9 Å². The van der Waals surface area contributed by atoms with Crippen molar-refractivity contribution in [2.24, 2.45) is 0 Å². The number of aromatic nitrogens is 9. The Hall–Kier alpha value is -10.7. The molecule has 0 aliphatic heterocycles. The molecule has 3 fully saturated rings. The smallest absolute Gasteiger partial charge is 0.477 e. The van der Waals surface area contributed by atoms with Crippen LogP contribution in [-0.4, -0.2) is 97.0 Å². The maximum Gasteiger partial charge on any atom is 0.490 e. The van der Waals surface area contributed by atoms with E-state index in [1.807, 2.05) is 31.7 Å².